The van der Waals surface area contributed by atoms with Gasteiger partial charge < -0.3 is 15.4 Å². The number of pyridine rings is 1. The summed E-state index contributed by atoms with van der Waals surface area (Å²) < 4.78 is 5.01. The topological polar surface area (TPSA) is 80.3 Å². The van der Waals surface area contributed by atoms with Crippen molar-refractivity contribution >= 4 is 34.9 Å². The van der Waals surface area contributed by atoms with Crippen LogP contribution in [0.3, 0.4) is 0 Å². The zero-order chi connectivity index (χ0) is 16.1. The fourth-order valence-electron chi connectivity index (χ4n) is 1.71. The fourth-order valence-corrected chi connectivity index (χ4v) is 1.97. The predicted molar refractivity (Wildman–Crippen MR) is 84.2 cm³/mol. The van der Waals surface area contributed by atoms with Gasteiger partial charge in [0.05, 0.1) is 12.1 Å². The lowest BCUT2D eigenvalue weighted by Gasteiger charge is -2.09. The van der Waals surface area contributed by atoms with Gasteiger partial charge in [-0.1, -0.05) is 17.7 Å². The highest BCUT2D eigenvalue weighted by Crippen LogP contribution is 2.27. The molecule has 0 bridgehead atoms. The fraction of sp³-hybridized carbons (Fsp3) is 0.133. The van der Waals surface area contributed by atoms with Crippen molar-refractivity contribution in [2.45, 2.75) is 6.92 Å². The largest absolute Gasteiger partial charge is 0.495 e. The van der Waals surface area contributed by atoms with E-state index in [0.717, 1.165) is 5.56 Å². The first kappa shape index (κ1) is 15.8. The van der Waals surface area contributed by atoms with E-state index in [0.29, 0.717) is 22.3 Å². The SMILES string of the molecule is COc1ccc(NC(=O)C(=O)Nc2ncccc2C)cc1Cl. The number of aryl methyl sites for hydroxylation is 1. The summed E-state index contributed by atoms with van der Waals surface area (Å²) in [4.78, 5) is 27.7. The number of nitrogens with zero attached hydrogens (tertiary/aromatic N) is 1. The summed E-state index contributed by atoms with van der Waals surface area (Å²) in [6.07, 6.45) is 1.53. The van der Waals surface area contributed by atoms with E-state index >= 15 is 0 Å². The third-order valence-electron chi connectivity index (χ3n) is 2.86. The Morgan fingerprint density at radius 1 is 1.18 bits per heavy atom. The Kier molecular flexibility index (Phi) is 4.95. The molecule has 0 radical (unpaired) electrons. The zero-order valence-corrected chi connectivity index (χ0v) is 12.8. The molecule has 0 spiro atoms. The average Bonchev–Trinajstić information content (AvgIpc) is 2.49. The number of methoxy groups -OCH3 is 1. The Morgan fingerprint density at radius 2 is 1.91 bits per heavy atom. The molecule has 1 heterocycles. The molecule has 0 saturated heterocycles. The van der Waals surface area contributed by atoms with E-state index in [1.54, 1.807) is 31.2 Å². The zero-order valence-electron chi connectivity index (χ0n) is 12.0. The molecular weight excluding hydrogens is 306 g/mol. The predicted octanol–water partition coefficient (Wildman–Crippen LogP) is 2.63. The van der Waals surface area contributed by atoms with Gasteiger partial charge in [-0.3, -0.25) is 9.59 Å². The molecular formula is C15H14ClN3O3. The van der Waals surface area contributed by atoms with Crippen LogP contribution in [0.2, 0.25) is 5.02 Å². The van der Waals surface area contributed by atoms with E-state index in [1.807, 2.05) is 0 Å². The molecule has 0 fully saturated rings. The normalized spacial score (nSPS) is 9.95. The number of amides is 2. The van der Waals surface area contributed by atoms with Gasteiger partial charge in [-0.2, -0.15) is 0 Å². The van der Waals surface area contributed by atoms with E-state index in [-0.39, 0.29) is 0 Å². The number of nitrogens with one attached hydrogen (secondary N) is 2. The molecule has 2 aromatic rings. The van der Waals surface area contributed by atoms with Gasteiger partial charge in [0.1, 0.15) is 11.6 Å². The molecule has 0 aliphatic rings. The van der Waals surface area contributed by atoms with Crippen LogP contribution in [0.25, 0.3) is 0 Å². The van der Waals surface area contributed by atoms with Crippen LogP contribution in [0.1, 0.15) is 5.56 Å². The maximum Gasteiger partial charge on any atom is 0.315 e. The number of aromatic nitrogens is 1. The standard InChI is InChI=1S/C15H14ClN3O3/c1-9-4-3-7-17-13(9)19-15(21)14(20)18-10-5-6-12(22-2)11(16)8-10/h3-8H,1-2H3,(H,18,20)(H,17,19,21). The van der Waals surface area contributed by atoms with E-state index in [1.165, 1.54) is 19.4 Å². The summed E-state index contributed by atoms with van der Waals surface area (Å²) in [6.45, 7) is 1.78. The van der Waals surface area contributed by atoms with Gasteiger partial charge in [0.15, 0.2) is 0 Å². The lowest BCUT2D eigenvalue weighted by atomic mass is 10.3. The third-order valence-corrected chi connectivity index (χ3v) is 3.15. The number of hydrogen-bond donors (Lipinski definition) is 2. The maximum absolute atomic E-state index is 11.9. The molecule has 0 saturated carbocycles. The van der Waals surface area contributed by atoms with Gasteiger partial charge in [-0.15, -0.1) is 0 Å². The van der Waals surface area contributed by atoms with Crippen LogP contribution in [-0.2, 0) is 9.59 Å². The Bertz CT molecular complexity index is 719. The first-order valence-electron chi connectivity index (χ1n) is 6.38. The minimum absolute atomic E-state index is 0.335. The highest BCUT2D eigenvalue weighted by atomic mass is 35.5. The van der Waals surface area contributed by atoms with E-state index in [9.17, 15) is 9.59 Å². The van der Waals surface area contributed by atoms with E-state index in [2.05, 4.69) is 15.6 Å². The van der Waals surface area contributed by atoms with Crippen molar-refractivity contribution < 1.29 is 14.3 Å². The summed E-state index contributed by atoms with van der Waals surface area (Å²) in [5, 5.41) is 5.24. The van der Waals surface area contributed by atoms with Crippen molar-refractivity contribution in [1.29, 1.82) is 0 Å². The van der Waals surface area contributed by atoms with Gasteiger partial charge in [-0.25, -0.2) is 4.98 Å². The van der Waals surface area contributed by atoms with Gasteiger partial charge in [-0.05, 0) is 36.8 Å². The molecule has 2 rings (SSSR count). The number of halogens is 1. The van der Waals surface area contributed by atoms with E-state index < -0.39 is 11.8 Å². The maximum atomic E-state index is 11.9. The first-order valence-corrected chi connectivity index (χ1v) is 6.76. The number of benzene rings is 1. The molecule has 0 aliphatic carbocycles. The van der Waals surface area contributed by atoms with Crippen LogP contribution >= 0.6 is 11.6 Å². The monoisotopic (exact) mass is 319 g/mol. The number of hydrogen-bond acceptors (Lipinski definition) is 4. The number of carbonyl (C=O) groups is 2. The smallest absolute Gasteiger partial charge is 0.315 e. The number of carbonyl (C=O) groups excluding carboxylic acids is 2. The second-order valence-corrected chi connectivity index (χ2v) is 4.83. The molecule has 0 unspecified atom stereocenters. The Hall–Kier alpha value is -2.60. The number of ether oxygens (including phenoxy) is 1. The molecule has 0 aliphatic heterocycles. The van der Waals surface area contributed by atoms with Crippen molar-refractivity contribution in [3.05, 3.63) is 47.1 Å². The molecule has 7 heteroatoms. The third kappa shape index (κ3) is 3.73. The minimum atomic E-state index is -0.814. The summed E-state index contributed by atoms with van der Waals surface area (Å²) in [5.74, 6) is -0.802. The van der Waals surface area contributed by atoms with Crippen molar-refractivity contribution in [2.24, 2.45) is 0 Å². The van der Waals surface area contributed by atoms with Crippen molar-refractivity contribution in [1.82, 2.24) is 4.98 Å². The molecule has 22 heavy (non-hydrogen) atoms. The van der Waals surface area contributed by atoms with Gasteiger partial charge in [0, 0.05) is 11.9 Å². The number of anilines is 2. The number of rotatable bonds is 3. The highest BCUT2D eigenvalue weighted by Gasteiger charge is 2.16. The summed E-state index contributed by atoms with van der Waals surface area (Å²) in [5.41, 5.74) is 1.15. The molecule has 2 amide bonds. The molecule has 6 nitrogen and oxygen atoms in total. The quantitative estimate of drug-likeness (QED) is 0.852. The summed E-state index contributed by atoms with van der Waals surface area (Å²) >= 11 is 5.96. The molecule has 1 aromatic heterocycles. The Morgan fingerprint density at radius 3 is 2.55 bits per heavy atom. The Balaban J connectivity index is 2.04. The lowest BCUT2D eigenvalue weighted by molar-refractivity contribution is -0.133. The van der Waals surface area contributed by atoms with Crippen LogP contribution in [0.5, 0.6) is 5.75 Å². The van der Waals surface area contributed by atoms with Crippen molar-refractivity contribution in [3.8, 4) is 5.75 Å². The van der Waals surface area contributed by atoms with Crippen molar-refractivity contribution in [2.75, 3.05) is 17.7 Å². The second-order valence-electron chi connectivity index (χ2n) is 4.43. The van der Waals surface area contributed by atoms with Gasteiger partial charge in [0.2, 0.25) is 0 Å². The van der Waals surface area contributed by atoms with Crippen LogP contribution in [0.4, 0.5) is 11.5 Å². The first-order chi connectivity index (χ1) is 10.5. The highest BCUT2D eigenvalue weighted by molar-refractivity contribution is 6.43. The summed E-state index contributed by atoms with van der Waals surface area (Å²) in [6, 6.07) is 8.20. The molecule has 0 atom stereocenters. The molecule has 2 N–H and O–H groups in total. The minimum Gasteiger partial charge on any atom is -0.495 e. The van der Waals surface area contributed by atoms with Crippen LogP contribution < -0.4 is 15.4 Å². The van der Waals surface area contributed by atoms with Gasteiger partial charge in [0.25, 0.3) is 0 Å². The van der Waals surface area contributed by atoms with Crippen molar-refractivity contribution in [3.63, 3.8) is 0 Å². The van der Waals surface area contributed by atoms with Crippen LogP contribution in [-0.4, -0.2) is 23.9 Å². The van der Waals surface area contributed by atoms with Gasteiger partial charge >= 0.3 is 11.8 Å². The summed E-state index contributed by atoms with van der Waals surface area (Å²) in [7, 11) is 1.49. The average molecular weight is 320 g/mol. The molecule has 1 aromatic carbocycles. The van der Waals surface area contributed by atoms with Crippen LogP contribution in [0, 0.1) is 6.92 Å². The Labute approximate surface area is 132 Å². The van der Waals surface area contributed by atoms with Crippen LogP contribution in [0.15, 0.2) is 36.5 Å². The second kappa shape index (κ2) is 6.91. The van der Waals surface area contributed by atoms with E-state index in [4.69, 9.17) is 16.3 Å². The lowest BCUT2D eigenvalue weighted by Crippen LogP contribution is -2.29. The molecule has 114 valence electrons.